The van der Waals surface area contributed by atoms with Crippen LogP contribution < -0.4 is 5.32 Å². The van der Waals surface area contributed by atoms with Crippen molar-refractivity contribution in [3.8, 4) is 0 Å². The van der Waals surface area contributed by atoms with Crippen LogP contribution in [0.4, 0.5) is 0 Å². The molecule has 94 heavy (non-hydrogen) atoms. The van der Waals surface area contributed by atoms with Crippen molar-refractivity contribution in [2.45, 2.75) is 356 Å². The van der Waals surface area contributed by atoms with Gasteiger partial charge in [-0.25, -0.2) is 0 Å². The number of amides is 1. The highest BCUT2D eigenvalue weighted by atomic mass is 16.8. The third-order valence-electron chi connectivity index (χ3n) is 17.9. The van der Waals surface area contributed by atoms with Gasteiger partial charge in [-0.1, -0.05) is 247 Å². The Morgan fingerprint density at radius 1 is 0.394 bits per heavy atom. The lowest BCUT2D eigenvalue weighted by atomic mass is 9.96. The van der Waals surface area contributed by atoms with Crippen molar-refractivity contribution in [3.05, 3.63) is 85.1 Å². The highest BCUT2D eigenvalue weighted by molar-refractivity contribution is 5.76. The molecular weight excluding hydrogens is 1200 g/mol. The Bertz CT molecular complexity index is 2030. The summed E-state index contributed by atoms with van der Waals surface area (Å²) in [7, 11) is 0. The molecule has 19 heteroatoms. The van der Waals surface area contributed by atoms with Crippen molar-refractivity contribution in [3.63, 3.8) is 0 Å². The molecule has 3 heterocycles. The summed E-state index contributed by atoms with van der Waals surface area (Å²) in [5.41, 5.74) is 0. The van der Waals surface area contributed by atoms with E-state index in [9.17, 15) is 61.0 Å². The van der Waals surface area contributed by atoms with E-state index in [4.69, 9.17) is 28.4 Å². The first kappa shape index (κ1) is 85.2. The van der Waals surface area contributed by atoms with Gasteiger partial charge in [-0.3, -0.25) is 4.79 Å². The Morgan fingerprint density at radius 3 is 1.19 bits per heavy atom. The minimum atomic E-state index is -1.99. The summed E-state index contributed by atoms with van der Waals surface area (Å²) in [6.07, 6.45) is 45.6. The number of hydrogen-bond acceptors (Lipinski definition) is 18. The van der Waals surface area contributed by atoms with E-state index in [1.165, 1.54) is 141 Å². The number of hydrogen-bond donors (Lipinski definition) is 12. The molecule has 0 aromatic heterocycles. The van der Waals surface area contributed by atoms with Crippen LogP contribution in [-0.2, 0) is 33.2 Å². The van der Waals surface area contributed by atoms with Gasteiger partial charge in [0.15, 0.2) is 18.9 Å². The molecule has 3 aliphatic heterocycles. The Balaban J connectivity index is 1.43. The van der Waals surface area contributed by atoms with Gasteiger partial charge in [-0.05, 0) is 83.5 Å². The monoisotopic (exact) mass is 1330 g/mol. The number of carbonyl (C=O) groups excluding carboxylic acids is 1. The number of allylic oxidation sites excluding steroid dienone is 13. The van der Waals surface area contributed by atoms with Gasteiger partial charge in [0.1, 0.15) is 73.2 Å². The van der Waals surface area contributed by atoms with E-state index in [1.807, 2.05) is 6.08 Å². The van der Waals surface area contributed by atoms with Crippen LogP contribution in [0.2, 0.25) is 0 Å². The molecule has 3 rings (SSSR count). The lowest BCUT2D eigenvalue weighted by Gasteiger charge is -2.48. The normalized spacial score (nSPS) is 27.9. The number of unbranched alkanes of at least 4 members (excludes halogenated alkanes) is 28. The van der Waals surface area contributed by atoms with Crippen molar-refractivity contribution < 1.29 is 89.4 Å². The molecule has 0 aromatic rings. The Kier molecular flexibility index (Phi) is 50.6. The largest absolute Gasteiger partial charge is 0.394 e. The van der Waals surface area contributed by atoms with Gasteiger partial charge in [0, 0.05) is 6.42 Å². The van der Waals surface area contributed by atoms with Crippen LogP contribution in [0.5, 0.6) is 0 Å². The van der Waals surface area contributed by atoms with Crippen LogP contribution in [0.25, 0.3) is 0 Å². The fourth-order valence-electron chi connectivity index (χ4n) is 12.0. The summed E-state index contributed by atoms with van der Waals surface area (Å²) in [4.78, 5) is 13.4. The number of aliphatic hydroxyl groups is 11. The van der Waals surface area contributed by atoms with Gasteiger partial charge >= 0.3 is 0 Å². The quantitative estimate of drug-likeness (QED) is 0.0199. The molecule has 1 amide bonds. The van der Waals surface area contributed by atoms with Crippen LogP contribution in [0, 0.1) is 0 Å². The topological polar surface area (TPSA) is 307 Å². The maximum atomic E-state index is 13.4. The van der Waals surface area contributed by atoms with Crippen molar-refractivity contribution in [2.75, 3.05) is 26.4 Å². The van der Waals surface area contributed by atoms with E-state index in [0.29, 0.717) is 12.8 Å². The minimum absolute atomic E-state index is 0.227. The molecule has 0 spiro atoms. The maximum Gasteiger partial charge on any atom is 0.220 e. The maximum absolute atomic E-state index is 13.4. The molecule has 0 radical (unpaired) electrons. The standard InChI is InChI=1S/C75H131NO18/c1-3-5-7-9-11-13-15-17-19-21-23-25-27-28-29-30-31-33-35-37-39-41-43-45-47-49-51-53-63(81)76-58(59(80)52-50-48-46-44-42-40-38-36-34-32-26-24-22-20-18-16-14-12-10-8-6-4-2)57-89-73-69(87)66(84)71(61(55-78)91-73)94-75-70(88)67(85)72(62(56-79)92-75)93-74-68(86)65(83)64(82)60(54-77)90-74/h5,7,11,13,17,19,23,25,34,36,42,44,50,52,58-62,64-75,77-80,82-88H,3-4,6,8-10,12,14-16,18,20-22,24,26-33,35,37-41,43,45-49,51,53-57H2,1-2H3,(H,76,81)/b7-5-,13-11-,19-17-,25-23-,36-34+,44-42+,52-50+. The molecule has 544 valence electrons. The van der Waals surface area contributed by atoms with Crippen LogP contribution in [-0.4, -0.2) is 193 Å². The van der Waals surface area contributed by atoms with Crippen molar-refractivity contribution >= 4 is 5.91 Å². The van der Waals surface area contributed by atoms with E-state index in [1.54, 1.807) is 6.08 Å². The summed E-state index contributed by atoms with van der Waals surface area (Å²) in [5.74, 6) is -0.292. The van der Waals surface area contributed by atoms with E-state index in [2.05, 4.69) is 92.1 Å². The molecule has 3 saturated heterocycles. The summed E-state index contributed by atoms with van der Waals surface area (Å²) < 4.78 is 34.4. The van der Waals surface area contributed by atoms with Crippen molar-refractivity contribution in [2.24, 2.45) is 0 Å². The van der Waals surface area contributed by atoms with Crippen LogP contribution in [0.3, 0.4) is 0 Å². The summed E-state index contributed by atoms with van der Waals surface area (Å²) in [6, 6.07) is -1.00. The van der Waals surface area contributed by atoms with E-state index >= 15 is 0 Å². The third-order valence-corrected chi connectivity index (χ3v) is 17.9. The summed E-state index contributed by atoms with van der Waals surface area (Å²) in [5, 5.41) is 121. The van der Waals surface area contributed by atoms with Gasteiger partial charge in [0.25, 0.3) is 0 Å². The van der Waals surface area contributed by atoms with E-state index in [-0.39, 0.29) is 18.9 Å². The zero-order chi connectivity index (χ0) is 68.2. The van der Waals surface area contributed by atoms with E-state index in [0.717, 1.165) is 77.0 Å². The van der Waals surface area contributed by atoms with Crippen molar-refractivity contribution in [1.29, 1.82) is 0 Å². The molecule has 3 fully saturated rings. The molecule has 0 bridgehead atoms. The number of aliphatic hydroxyl groups excluding tert-OH is 11. The molecule has 3 aliphatic rings. The van der Waals surface area contributed by atoms with Gasteiger partial charge in [0.2, 0.25) is 5.91 Å². The molecular formula is C75H131NO18. The van der Waals surface area contributed by atoms with Crippen LogP contribution in [0.15, 0.2) is 85.1 Å². The first-order chi connectivity index (χ1) is 45.8. The van der Waals surface area contributed by atoms with Gasteiger partial charge in [0.05, 0.1) is 38.6 Å². The minimum Gasteiger partial charge on any atom is -0.394 e. The molecule has 19 nitrogen and oxygen atoms in total. The summed E-state index contributed by atoms with van der Waals surface area (Å²) in [6.45, 7) is 1.61. The average molecular weight is 1330 g/mol. The first-order valence-electron chi connectivity index (χ1n) is 36.8. The number of rotatable bonds is 56. The lowest BCUT2D eigenvalue weighted by Crippen LogP contribution is -2.66. The SMILES string of the molecule is CC/C=C\C/C=C\C/C=C\C/C=C\CCCCCCCCCCCCCCCCC(=O)NC(COC1OC(CO)C(OC2OC(CO)C(OC3OC(CO)C(O)C(O)C3O)C(O)C2O)C(O)C1O)C(O)/C=C/CC/C=C/CC/C=C/CCCCCCCCCCCCCC. The Morgan fingerprint density at radius 2 is 0.745 bits per heavy atom. The number of ether oxygens (including phenoxy) is 6. The van der Waals surface area contributed by atoms with Gasteiger partial charge in [-0.15, -0.1) is 0 Å². The van der Waals surface area contributed by atoms with Crippen LogP contribution in [0.1, 0.15) is 251 Å². The fourth-order valence-corrected chi connectivity index (χ4v) is 12.0. The zero-order valence-electron chi connectivity index (χ0n) is 57.7. The first-order valence-corrected chi connectivity index (χ1v) is 36.8. The van der Waals surface area contributed by atoms with E-state index < -0.39 is 124 Å². The van der Waals surface area contributed by atoms with Crippen LogP contribution >= 0.6 is 0 Å². The summed E-state index contributed by atoms with van der Waals surface area (Å²) >= 11 is 0. The predicted octanol–water partition coefficient (Wildman–Crippen LogP) is 10.7. The second kappa shape index (κ2) is 55.8. The zero-order valence-corrected chi connectivity index (χ0v) is 57.7. The predicted molar refractivity (Wildman–Crippen MR) is 369 cm³/mol. The highest BCUT2D eigenvalue weighted by Crippen LogP contribution is 2.33. The molecule has 0 aliphatic carbocycles. The lowest BCUT2D eigenvalue weighted by molar-refractivity contribution is -0.379. The molecule has 0 aromatic carbocycles. The smallest absolute Gasteiger partial charge is 0.220 e. The highest BCUT2D eigenvalue weighted by Gasteiger charge is 2.53. The molecule has 17 unspecified atom stereocenters. The fraction of sp³-hybridized carbons (Fsp3) is 0.800. The molecule has 17 atom stereocenters. The second-order valence-electron chi connectivity index (χ2n) is 26.0. The second-order valence-corrected chi connectivity index (χ2v) is 26.0. The Labute approximate surface area is 565 Å². The molecule has 0 saturated carbocycles. The molecule has 12 N–H and O–H groups in total. The van der Waals surface area contributed by atoms with Gasteiger partial charge < -0.3 is 89.9 Å². The average Bonchev–Trinajstić information content (AvgIpc) is 0.787. The van der Waals surface area contributed by atoms with Gasteiger partial charge in [-0.2, -0.15) is 0 Å². The number of carbonyl (C=O) groups is 1. The third kappa shape index (κ3) is 36.7. The number of nitrogens with one attached hydrogen (secondary N) is 1. The Hall–Kier alpha value is -3.03. The van der Waals surface area contributed by atoms with Crippen molar-refractivity contribution in [1.82, 2.24) is 5.32 Å².